The highest BCUT2D eigenvalue weighted by atomic mass is 32.2. The molecule has 1 aliphatic rings. The molecule has 0 aliphatic heterocycles. The SMILES string of the molecule is CSC1(CNCc2ccccc2OC(F)(F)F)CCCC1. The van der Waals surface area contributed by atoms with Crippen LogP contribution in [0.5, 0.6) is 5.75 Å². The van der Waals surface area contributed by atoms with Crippen molar-refractivity contribution in [2.75, 3.05) is 12.8 Å². The maximum Gasteiger partial charge on any atom is 0.573 e. The molecule has 21 heavy (non-hydrogen) atoms. The molecule has 2 rings (SSSR count). The summed E-state index contributed by atoms with van der Waals surface area (Å²) in [5.74, 6) is -0.123. The molecule has 0 saturated heterocycles. The summed E-state index contributed by atoms with van der Waals surface area (Å²) in [6, 6.07) is 6.28. The second-order valence-electron chi connectivity index (χ2n) is 5.35. The first-order valence-corrected chi connectivity index (χ1v) is 8.26. The third-order valence-electron chi connectivity index (χ3n) is 3.91. The second kappa shape index (κ2) is 6.92. The predicted molar refractivity (Wildman–Crippen MR) is 79.5 cm³/mol. The normalized spacial score (nSPS) is 17.9. The Bertz CT molecular complexity index is 458. The van der Waals surface area contributed by atoms with Crippen LogP contribution in [0.25, 0.3) is 0 Å². The van der Waals surface area contributed by atoms with E-state index < -0.39 is 6.36 Å². The van der Waals surface area contributed by atoms with Crippen LogP contribution in [0.2, 0.25) is 0 Å². The van der Waals surface area contributed by atoms with Gasteiger partial charge in [-0.05, 0) is 25.2 Å². The Morgan fingerprint density at radius 2 is 1.90 bits per heavy atom. The molecular formula is C15H20F3NOS. The lowest BCUT2D eigenvalue weighted by molar-refractivity contribution is -0.274. The summed E-state index contributed by atoms with van der Waals surface area (Å²) < 4.78 is 41.4. The van der Waals surface area contributed by atoms with Crippen molar-refractivity contribution in [3.05, 3.63) is 29.8 Å². The van der Waals surface area contributed by atoms with Crippen LogP contribution in [0, 0.1) is 0 Å². The van der Waals surface area contributed by atoms with Crippen LogP contribution in [-0.2, 0) is 6.54 Å². The number of rotatable bonds is 6. The third kappa shape index (κ3) is 4.81. The zero-order valence-corrected chi connectivity index (χ0v) is 12.8. The van der Waals surface area contributed by atoms with Gasteiger partial charge >= 0.3 is 6.36 Å². The molecule has 6 heteroatoms. The highest BCUT2D eigenvalue weighted by molar-refractivity contribution is 8.00. The van der Waals surface area contributed by atoms with E-state index in [-0.39, 0.29) is 10.5 Å². The van der Waals surface area contributed by atoms with E-state index in [0.29, 0.717) is 12.1 Å². The Hall–Kier alpha value is -0.880. The van der Waals surface area contributed by atoms with Crippen molar-refractivity contribution < 1.29 is 17.9 Å². The van der Waals surface area contributed by atoms with E-state index in [2.05, 4.69) is 16.3 Å². The molecule has 1 aromatic rings. The van der Waals surface area contributed by atoms with Crippen molar-refractivity contribution in [1.29, 1.82) is 0 Å². The quantitative estimate of drug-likeness (QED) is 0.842. The van der Waals surface area contributed by atoms with E-state index in [0.717, 1.165) is 6.54 Å². The molecule has 0 radical (unpaired) electrons. The van der Waals surface area contributed by atoms with Gasteiger partial charge in [0, 0.05) is 23.4 Å². The van der Waals surface area contributed by atoms with Gasteiger partial charge in [-0.3, -0.25) is 0 Å². The summed E-state index contributed by atoms with van der Waals surface area (Å²) in [5.41, 5.74) is 0.532. The predicted octanol–water partition coefficient (Wildman–Crippen LogP) is 4.35. The van der Waals surface area contributed by atoms with Gasteiger partial charge in [-0.15, -0.1) is 13.2 Å². The van der Waals surface area contributed by atoms with E-state index >= 15 is 0 Å². The minimum atomic E-state index is -4.65. The summed E-state index contributed by atoms with van der Waals surface area (Å²) in [7, 11) is 0. The fourth-order valence-corrected chi connectivity index (χ4v) is 3.71. The summed E-state index contributed by atoms with van der Waals surface area (Å²) in [6.45, 7) is 1.20. The van der Waals surface area contributed by atoms with Crippen LogP contribution < -0.4 is 10.1 Å². The van der Waals surface area contributed by atoms with Crippen LogP contribution in [0.15, 0.2) is 24.3 Å². The van der Waals surface area contributed by atoms with Crippen molar-refractivity contribution in [3.63, 3.8) is 0 Å². The average Bonchev–Trinajstić information content (AvgIpc) is 2.88. The molecule has 0 amide bonds. The number of nitrogens with one attached hydrogen (secondary N) is 1. The highest BCUT2D eigenvalue weighted by Crippen LogP contribution is 2.39. The summed E-state index contributed by atoms with van der Waals surface area (Å²) >= 11 is 1.86. The Morgan fingerprint density at radius 1 is 1.24 bits per heavy atom. The maximum absolute atomic E-state index is 12.4. The largest absolute Gasteiger partial charge is 0.573 e. The number of para-hydroxylation sites is 1. The van der Waals surface area contributed by atoms with Crippen molar-refractivity contribution in [2.24, 2.45) is 0 Å². The molecule has 1 saturated carbocycles. The van der Waals surface area contributed by atoms with Gasteiger partial charge in [0.25, 0.3) is 0 Å². The van der Waals surface area contributed by atoms with Crippen LogP contribution in [0.3, 0.4) is 0 Å². The van der Waals surface area contributed by atoms with E-state index in [1.54, 1.807) is 18.2 Å². The molecule has 0 heterocycles. The summed E-state index contributed by atoms with van der Waals surface area (Å²) in [4.78, 5) is 0. The summed E-state index contributed by atoms with van der Waals surface area (Å²) in [5, 5.41) is 3.29. The van der Waals surface area contributed by atoms with Crippen molar-refractivity contribution in [1.82, 2.24) is 5.32 Å². The second-order valence-corrected chi connectivity index (χ2v) is 6.63. The molecule has 0 aromatic heterocycles. The van der Waals surface area contributed by atoms with Crippen molar-refractivity contribution in [3.8, 4) is 5.75 Å². The zero-order chi connectivity index (χ0) is 15.3. The van der Waals surface area contributed by atoms with E-state index in [1.165, 1.54) is 31.7 Å². The molecule has 1 aliphatic carbocycles. The van der Waals surface area contributed by atoms with E-state index in [4.69, 9.17) is 0 Å². The Balaban J connectivity index is 1.94. The third-order valence-corrected chi connectivity index (χ3v) is 5.33. The van der Waals surface area contributed by atoms with Crippen LogP contribution in [0.4, 0.5) is 13.2 Å². The number of benzene rings is 1. The smallest absolute Gasteiger partial charge is 0.405 e. The Morgan fingerprint density at radius 3 is 2.52 bits per heavy atom. The van der Waals surface area contributed by atoms with Gasteiger partial charge < -0.3 is 10.1 Å². The molecule has 118 valence electrons. The van der Waals surface area contributed by atoms with Gasteiger partial charge in [0.2, 0.25) is 0 Å². The first-order valence-electron chi connectivity index (χ1n) is 7.04. The van der Waals surface area contributed by atoms with Crippen molar-refractivity contribution >= 4 is 11.8 Å². The molecule has 0 spiro atoms. The van der Waals surface area contributed by atoms with Gasteiger partial charge in [-0.1, -0.05) is 31.0 Å². The molecule has 2 nitrogen and oxygen atoms in total. The lowest BCUT2D eigenvalue weighted by Gasteiger charge is -2.27. The fourth-order valence-electron chi connectivity index (χ4n) is 2.77. The molecule has 0 atom stereocenters. The van der Waals surface area contributed by atoms with E-state index in [9.17, 15) is 13.2 Å². The zero-order valence-electron chi connectivity index (χ0n) is 12.0. The maximum atomic E-state index is 12.4. The minimum Gasteiger partial charge on any atom is -0.405 e. The molecular weight excluding hydrogens is 299 g/mol. The molecule has 1 N–H and O–H groups in total. The Kier molecular flexibility index (Phi) is 5.43. The topological polar surface area (TPSA) is 21.3 Å². The number of hydrogen-bond acceptors (Lipinski definition) is 3. The summed E-state index contributed by atoms with van der Waals surface area (Å²) in [6.07, 6.45) is 2.26. The minimum absolute atomic E-state index is 0.123. The fraction of sp³-hybridized carbons (Fsp3) is 0.600. The lowest BCUT2D eigenvalue weighted by atomic mass is 10.1. The molecule has 1 aromatic carbocycles. The standard InChI is InChI=1S/C15H20F3NOS/c1-21-14(8-4-5-9-14)11-19-10-12-6-2-3-7-13(12)20-15(16,17)18/h2-3,6-7,19H,4-5,8-11H2,1H3. The lowest BCUT2D eigenvalue weighted by Crippen LogP contribution is -2.34. The van der Waals surface area contributed by atoms with Crippen LogP contribution in [-0.4, -0.2) is 23.9 Å². The van der Waals surface area contributed by atoms with Gasteiger partial charge in [-0.25, -0.2) is 0 Å². The van der Waals surface area contributed by atoms with Gasteiger partial charge in [0.1, 0.15) is 5.75 Å². The van der Waals surface area contributed by atoms with Gasteiger partial charge in [0.15, 0.2) is 0 Å². The number of halogens is 3. The average molecular weight is 319 g/mol. The highest BCUT2D eigenvalue weighted by Gasteiger charge is 2.33. The monoisotopic (exact) mass is 319 g/mol. The van der Waals surface area contributed by atoms with Crippen molar-refractivity contribution in [2.45, 2.75) is 43.3 Å². The first kappa shape index (κ1) is 16.5. The first-order chi connectivity index (χ1) is 9.94. The van der Waals surface area contributed by atoms with E-state index in [1.807, 2.05) is 11.8 Å². The number of thioether (sulfide) groups is 1. The molecule has 1 fully saturated rings. The van der Waals surface area contributed by atoms with Crippen LogP contribution >= 0.6 is 11.8 Å². The molecule has 0 unspecified atom stereocenters. The number of hydrogen-bond donors (Lipinski definition) is 1. The Labute approximate surface area is 127 Å². The van der Waals surface area contributed by atoms with Gasteiger partial charge in [0.05, 0.1) is 0 Å². The number of ether oxygens (including phenoxy) is 1. The molecule has 0 bridgehead atoms. The van der Waals surface area contributed by atoms with Crippen LogP contribution in [0.1, 0.15) is 31.2 Å². The number of alkyl halides is 3. The van der Waals surface area contributed by atoms with Gasteiger partial charge in [-0.2, -0.15) is 11.8 Å².